The van der Waals surface area contributed by atoms with Crippen molar-refractivity contribution >= 4 is 40.1 Å². The first kappa shape index (κ1) is 33.7. The molecule has 0 fully saturated rings. The van der Waals surface area contributed by atoms with Crippen LogP contribution in [0, 0.1) is 11.6 Å². The molecule has 1 atom stereocenters. The zero-order valence-corrected chi connectivity index (χ0v) is 26.5. The van der Waals surface area contributed by atoms with E-state index in [1.807, 2.05) is 12.1 Å². The SMILES string of the molecule is CCOc1cc(F)c(Cn2nc(-c3ncc(OCCCOC(=O)[C@H](C)N)c(Nc4ccnc(NC(C)=O)c4)n3)c3ccccc32)c(F)c1. The number of pyridine rings is 1. The van der Waals surface area contributed by atoms with Crippen LogP contribution in [-0.4, -0.2) is 62.5 Å². The Bertz CT molecular complexity index is 1910. The van der Waals surface area contributed by atoms with Crippen LogP contribution in [0.15, 0.2) is 60.9 Å². The highest BCUT2D eigenvalue weighted by Crippen LogP contribution is 2.32. The Kier molecular flexibility index (Phi) is 10.7. The van der Waals surface area contributed by atoms with Crippen LogP contribution in [0.4, 0.5) is 26.1 Å². The maximum Gasteiger partial charge on any atom is 0.322 e. The van der Waals surface area contributed by atoms with E-state index in [0.29, 0.717) is 34.5 Å². The van der Waals surface area contributed by atoms with Gasteiger partial charge in [-0.25, -0.2) is 23.7 Å². The monoisotopic (exact) mass is 660 g/mol. The Labute approximate surface area is 274 Å². The summed E-state index contributed by atoms with van der Waals surface area (Å²) in [6.45, 7) is 4.97. The van der Waals surface area contributed by atoms with Crippen LogP contribution in [0.5, 0.6) is 11.5 Å². The normalized spacial score (nSPS) is 11.6. The molecule has 0 saturated carbocycles. The van der Waals surface area contributed by atoms with Crippen LogP contribution in [0.2, 0.25) is 0 Å². The van der Waals surface area contributed by atoms with Crippen LogP contribution in [0.1, 0.15) is 32.8 Å². The number of hydrogen-bond donors (Lipinski definition) is 3. The van der Waals surface area contributed by atoms with E-state index in [1.54, 1.807) is 31.2 Å². The number of nitrogens with two attached hydrogens (primary N) is 1. The molecule has 2 aromatic carbocycles. The lowest BCUT2D eigenvalue weighted by molar-refractivity contribution is -0.145. The molecule has 0 saturated heterocycles. The van der Waals surface area contributed by atoms with Crippen molar-refractivity contribution in [3.05, 3.63) is 78.1 Å². The number of rotatable bonds is 14. The molecule has 0 spiro atoms. The number of nitrogens with zero attached hydrogens (tertiary/aromatic N) is 5. The topological polar surface area (TPSA) is 168 Å². The lowest BCUT2D eigenvalue weighted by Crippen LogP contribution is -2.29. The summed E-state index contributed by atoms with van der Waals surface area (Å²) in [6, 6.07) is 12.0. The molecule has 3 aromatic heterocycles. The van der Waals surface area contributed by atoms with Crippen molar-refractivity contribution in [1.82, 2.24) is 24.7 Å². The van der Waals surface area contributed by atoms with Crippen LogP contribution in [0.25, 0.3) is 22.4 Å². The van der Waals surface area contributed by atoms with E-state index >= 15 is 8.78 Å². The molecule has 0 unspecified atom stereocenters. The quantitative estimate of drug-likeness (QED) is 0.109. The number of carbonyl (C=O) groups excluding carboxylic acids is 2. The van der Waals surface area contributed by atoms with Gasteiger partial charge in [0.2, 0.25) is 5.91 Å². The van der Waals surface area contributed by atoms with Crippen molar-refractivity contribution in [2.45, 2.75) is 39.8 Å². The molecule has 0 bridgehead atoms. The standard InChI is InChI=1S/C33H34F2N8O5/c1-4-46-22-15-25(34)24(26(35)16-22)18-43-27-9-6-5-8-23(27)30(42-43)32-38-17-28(47-12-7-13-48-33(45)19(2)36)31(41-32)40-21-10-11-37-29(14-21)39-20(3)44/h5-6,8-11,14-17,19H,4,7,12-13,18,36H2,1-3H3,(H2,37,38,39,40,41,44)/t19-/m0/s1. The largest absolute Gasteiger partial charge is 0.494 e. The number of carbonyl (C=O) groups is 2. The molecule has 5 aromatic rings. The molecule has 3 heterocycles. The summed E-state index contributed by atoms with van der Waals surface area (Å²) in [5.74, 6) is -1.16. The molecular weight excluding hydrogens is 626 g/mol. The number of amides is 1. The molecule has 0 aliphatic heterocycles. The maximum atomic E-state index is 15.0. The summed E-state index contributed by atoms with van der Waals surface area (Å²) in [7, 11) is 0. The van der Waals surface area contributed by atoms with E-state index in [1.165, 1.54) is 30.9 Å². The van der Waals surface area contributed by atoms with Crippen molar-refractivity contribution in [1.29, 1.82) is 0 Å². The van der Waals surface area contributed by atoms with Gasteiger partial charge in [0.25, 0.3) is 0 Å². The Morgan fingerprint density at radius 2 is 1.81 bits per heavy atom. The summed E-state index contributed by atoms with van der Waals surface area (Å²) in [5, 5.41) is 11.1. The number of aromatic nitrogens is 5. The maximum absolute atomic E-state index is 15.0. The second-order valence-corrected chi connectivity index (χ2v) is 10.6. The third kappa shape index (κ3) is 8.17. The van der Waals surface area contributed by atoms with Crippen molar-refractivity contribution in [3.8, 4) is 23.0 Å². The number of nitrogens with one attached hydrogen (secondary N) is 2. The molecule has 4 N–H and O–H groups in total. The highest BCUT2D eigenvalue weighted by Gasteiger charge is 2.20. The third-order valence-corrected chi connectivity index (χ3v) is 6.85. The van der Waals surface area contributed by atoms with Gasteiger partial charge in [-0.1, -0.05) is 18.2 Å². The molecular formula is C33H34F2N8O5. The Morgan fingerprint density at radius 3 is 2.54 bits per heavy atom. The first-order valence-electron chi connectivity index (χ1n) is 15.1. The predicted octanol–water partition coefficient (Wildman–Crippen LogP) is 4.97. The number of anilines is 3. The van der Waals surface area contributed by atoms with Gasteiger partial charge in [-0.3, -0.25) is 14.3 Å². The zero-order valence-electron chi connectivity index (χ0n) is 26.5. The summed E-state index contributed by atoms with van der Waals surface area (Å²) in [5.41, 5.74) is 6.86. The first-order valence-corrected chi connectivity index (χ1v) is 15.1. The Hall–Kier alpha value is -5.70. The number of ether oxygens (including phenoxy) is 3. The van der Waals surface area contributed by atoms with E-state index in [9.17, 15) is 9.59 Å². The molecule has 1 amide bonds. The van der Waals surface area contributed by atoms with Gasteiger partial charge in [-0.15, -0.1) is 0 Å². The van der Waals surface area contributed by atoms with Crippen molar-refractivity contribution < 1.29 is 32.6 Å². The molecule has 0 radical (unpaired) electrons. The predicted molar refractivity (Wildman–Crippen MR) is 174 cm³/mol. The minimum atomic E-state index is -0.757. The van der Waals surface area contributed by atoms with Crippen molar-refractivity contribution in [3.63, 3.8) is 0 Å². The van der Waals surface area contributed by atoms with E-state index in [0.717, 1.165) is 12.1 Å². The van der Waals surface area contributed by atoms with Gasteiger partial charge < -0.3 is 30.6 Å². The first-order chi connectivity index (χ1) is 23.1. The minimum absolute atomic E-state index is 0.0996. The molecule has 15 heteroatoms. The zero-order chi connectivity index (χ0) is 34.2. The summed E-state index contributed by atoms with van der Waals surface area (Å²) >= 11 is 0. The molecule has 5 rings (SSSR count). The van der Waals surface area contributed by atoms with Gasteiger partial charge in [0.05, 0.1) is 38.1 Å². The highest BCUT2D eigenvalue weighted by molar-refractivity contribution is 5.92. The lowest BCUT2D eigenvalue weighted by Gasteiger charge is -2.14. The summed E-state index contributed by atoms with van der Waals surface area (Å²) < 4.78 is 47.8. The van der Waals surface area contributed by atoms with Crippen LogP contribution in [0.3, 0.4) is 0 Å². The molecule has 13 nitrogen and oxygen atoms in total. The van der Waals surface area contributed by atoms with E-state index < -0.39 is 23.6 Å². The fourth-order valence-corrected chi connectivity index (χ4v) is 4.66. The lowest BCUT2D eigenvalue weighted by atomic mass is 10.1. The Morgan fingerprint density at radius 1 is 1.04 bits per heavy atom. The van der Waals surface area contributed by atoms with Gasteiger partial charge in [-0.2, -0.15) is 5.10 Å². The van der Waals surface area contributed by atoms with Crippen LogP contribution >= 0.6 is 0 Å². The van der Waals surface area contributed by atoms with Gasteiger partial charge in [0, 0.05) is 54.4 Å². The molecule has 48 heavy (non-hydrogen) atoms. The number of para-hydroxylation sites is 1. The van der Waals surface area contributed by atoms with Crippen molar-refractivity contribution in [2.75, 3.05) is 30.5 Å². The molecule has 0 aliphatic rings. The fourth-order valence-electron chi connectivity index (χ4n) is 4.66. The van der Waals surface area contributed by atoms with Gasteiger partial charge in [-0.05, 0) is 26.0 Å². The Balaban J connectivity index is 1.48. The van der Waals surface area contributed by atoms with Gasteiger partial charge >= 0.3 is 5.97 Å². The number of fused-ring (bicyclic) bond motifs is 1. The smallest absolute Gasteiger partial charge is 0.322 e. The molecule has 250 valence electrons. The summed E-state index contributed by atoms with van der Waals surface area (Å²) in [4.78, 5) is 36.6. The van der Waals surface area contributed by atoms with E-state index in [2.05, 4.69) is 25.7 Å². The van der Waals surface area contributed by atoms with Crippen molar-refractivity contribution in [2.24, 2.45) is 5.73 Å². The third-order valence-electron chi connectivity index (χ3n) is 6.85. The van der Waals surface area contributed by atoms with Gasteiger partial charge in [0.15, 0.2) is 17.4 Å². The van der Waals surface area contributed by atoms with Crippen LogP contribution < -0.4 is 25.8 Å². The number of hydrogen-bond acceptors (Lipinski definition) is 11. The second kappa shape index (κ2) is 15.3. The summed E-state index contributed by atoms with van der Waals surface area (Å²) in [6.07, 6.45) is 3.35. The van der Waals surface area contributed by atoms with Crippen LogP contribution in [-0.2, 0) is 20.9 Å². The van der Waals surface area contributed by atoms with Gasteiger partial charge in [0.1, 0.15) is 34.9 Å². The van der Waals surface area contributed by atoms with E-state index in [-0.39, 0.29) is 61.0 Å². The fraction of sp³-hybridized carbons (Fsp3) is 0.273. The number of benzene rings is 2. The number of halogens is 2. The average Bonchev–Trinajstić information content (AvgIpc) is 3.41. The minimum Gasteiger partial charge on any atom is -0.494 e. The molecule has 0 aliphatic carbocycles. The highest BCUT2D eigenvalue weighted by atomic mass is 19.1. The second-order valence-electron chi connectivity index (χ2n) is 10.6. The number of esters is 1. The van der Waals surface area contributed by atoms with E-state index in [4.69, 9.17) is 24.9 Å². The average molecular weight is 661 g/mol.